The number of halogens is 4. The van der Waals surface area contributed by atoms with Crippen LogP contribution in [0.5, 0.6) is 0 Å². The van der Waals surface area contributed by atoms with Crippen LogP contribution in [0.2, 0.25) is 0 Å². The summed E-state index contributed by atoms with van der Waals surface area (Å²) in [7, 11) is 0. The maximum Gasteiger partial charge on any atom is 0.416 e. The van der Waals surface area contributed by atoms with E-state index in [1.54, 1.807) is 6.07 Å². The Morgan fingerprint density at radius 1 is 1.20 bits per heavy atom. The molecule has 0 radical (unpaired) electrons. The second-order valence-electron chi connectivity index (χ2n) is 9.80. The fourth-order valence-corrected chi connectivity index (χ4v) is 6.23. The van der Waals surface area contributed by atoms with E-state index in [0.717, 1.165) is 29.2 Å². The molecule has 2 aliphatic carbocycles. The van der Waals surface area contributed by atoms with E-state index >= 15 is 0 Å². The van der Waals surface area contributed by atoms with Crippen LogP contribution in [0.3, 0.4) is 0 Å². The lowest BCUT2D eigenvalue weighted by Crippen LogP contribution is -3.17. The van der Waals surface area contributed by atoms with E-state index in [1.165, 1.54) is 31.4 Å². The van der Waals surface area contributed by atoms with E-state index in [4.69, 9.17) is 0 Å². The number of benzene rings is 1. The summed E-state index contributed by atoms with van der Waals surface area (Å²) >= 11 is 0. The Hall–Kier alpha value is -1.27. The molecule has 1 saturated heterocycles. The lowest BCUT2D eigenvalue weighted by atomic mass is 9.67. The van der Waals surface area contributed by atoms with Crippen molar-refractivity contribution in [3.63, 3.8) is 0 Å². The minimum Gasteiger partial charge on any atom is -1.00 e. The molecule has 3 unspecified atom stereocenters. The number of piperazine rings is 1. The Bertz CT molecular complexity index is 759. The minimum atomic E-state index is -4.33. The second kappa shape index (κ2) is 8.70. The average molecular weight is 445 g/mol. The molecule has 0 aromatic heterocycles. The van der Waals surface area contributed by atoms with E-state index < -0.39 is 11.7 Å². The van der Waals surface area contributed by atoms with Crippen LogP contribution in [0, 0.1) is 23.2 Å². The number of nitrogens with one attached hydrogen (secondary N) is 1. The highest BCUT2D eigenvalue weighted by Gasteiger charge is 2.52. The van der Waals surface area contributed by atoms with Gasteiger partial charge in [-0.3, -0.25) is 4.90 Å². The third-order valence-electron chi connectivity index (χ3n) is 8.03. The third-order valence-corrected chi connectivity index (χ3v) is 8.03. The van der Waals surface area contributed by atoms with Gasteiger partial charge in [-0.25, -0.2) is 4.79 Å². The molecule has 1 amide bonds. The molecule has 1 aromatic rings. The largest absolute Gasteiger partial charge is 1.00 e. The van der Waals surface area contributed by atoms with Crippen molar-refractivity contribution in [2.24, 2.45) is 23.2 Å². The predicted molar refractivity (Wildman–Crippen MR) is 107 cm³/mol. The molecule has 2 saturated carbocycles. The smallest absolute Gasteiger partial charge is 0.416 e. The number of carbonyl (C=O) groups is 1. The summed E-state index contributed by atoms with van der Waals surface area (Å²) in [6, 6.07) is 5.49. The average Bonchev–Trinajstić information content (AvgIpc) is 3.26. The van der Waals surface area contributed by atoms with Gasteiger partial charge in [0.1, 0.15) is 13.1 Å². The molecule has 30 heavy (non-hydrogen) atoms. The number of anilines is 1. The number of nitrogens with zero attached hydrogens (tertiary/aromatic N) is 1. The number of carbonyl (C=O) groups excluding carboxylic acids is 1. The van der Waals surface area contributed by atoms with Crippen molar-refractivity contribution in [2.45, 2.75) is 52.1 Å². The van der Waals surface area contributed by atoms with Crippen LogP contribution in [0.1, 0.15) is 51.5 Å². The summed E-state index contributed by atoms with van der Waals surface area (Å²) in [5.74, 6) is 2.58. The summed E-state index contributed by atoms with van der Waals surface area (Å²) in [6.07, 6.45) is 1.32. The molecular formula is C23H32ClF3N2O. The summed E-state index contributed by atoms with van der Waals surface area (Å²) < 4.78 is 38.9. The van der Waals surface area contributed by atoms with Gasteiger partial charge < -0.3 is 17.3 Å². The van der Waals surface area contributed by atoms with Crippen LogP contribution in [-0.4, -0.2) is 32.1 Å². The molecule has 7 heteroatoms. The van der Waals surface area contributed by atoms with Gasteiger partial charge in [-0.15, -0.1) is 0 Å². The normalized spacial score (nSPS) is 28.4. The van der Waals surface area contributed by atoms with Gasteiger partial charge in [0.2, 0.25) is 0 Å². The summed E-state index contributed by atoms with van der Waals surface area (Å²) in [4.78, 5) is 15.7. The number of amides is 1. The highest BCUT2D eigenvalue weighted by atomic mass is 35.5. The molecule has 0 spiro atoms. The molecule has 1 aromatic carbocycles. The van der Waals surface area contributed by atoms with Crippen LogP contribution < -0.4 is 22.2 Å². The van der Waals surface area contributed by atoms with Gasteiger partial charge in [-0.05, 0) is 67.1 Å². The van der Waals surface area contributed by atoms with E-state index in [1.807, 2.05) is 4.90 Å². The van der Waals surface area contributed by atoms with Gasteiger partial charge in [-0.2, -0.15) is 13.2 Å². The van der Waals surface area contributed by atoms with E-state index in [2.05, 4.69) is 13.8 Å². The van der Waals surface area contributed by atoms with Crippen LogP contribution >= 0.6 is 0 Å². The van der Waals surface area contributed by atoms with E-state index in [-0.39, 0.29) is 18.3 Å². The predicted octanol–water partition coefficient (Wildman–Crippen LogP) is 0.793. The first-order chi connectivity index (χ1) is 13.7. The zero-order valence-corrected chi connectivity index (χ0v) is 18.5. The number of fused-ring (bicyclic) bond motifs is 2. The van der Waals surface area contributed by atoms with E-state index in [0.29, 0.717) is 49.6 Å². The van der Waals surface area contributed by atoms with Gasteiger partial charge in [0.15, 0.2) is 0 Å². The first-order valence-corrected chi connectivity index (χ1v) is 11.0. The van der Waals surface area contributed by atoms with E-state index in [9.17, 15) is 18.0 Å². The molecule has 3 nitrogen and oxygen atoms in total. The van der Waals surface area contributed by atoms with Crippen molar-refractivity contribution in [1.29, 1.82) is 0 Å². The molecule has 4 rings (SSSR count). The quantitative estimate of drug-likeness (QED) is 0.743. The second-order valence-corrected chi connectivity index (χ2v) is 9.80. The summed E-state index contributed by atoms with van der Waals surface area (Å²) in [5, 5.41) is 0. The Balaban J connectivity index is 0.00000256. The molecule has 168 valence electrons. The maximum atomic E-state index is 13.0. The monoisotopic (exact) mass is 444 g/mol. The first kappa shape index (κ1) is 23.4. The Morgan fingerprint density at radius 2 is 1.90 bits per heavy atom. The number of alkyl halides is 3. The fraction of sp³-hybridized carbons (Fsp3) is 0.696. The number of rotatable bonds is 4. The number of quaternary nitrogens is 1. The van der Waals surface area contributed by atoms with Crippen molar-refractivity contribution >= 4 is 11.6 Å². The van der Waals surface area contributed by atoms with Crippen molar-refractivity contribution < 1.29 is 35.3 Å². The zero-order valence-electron chi connectivity index (χ0n) is 17.8. The lowest BCUT2D eigenvalue weighted by Gasteiger charge is -2.38. The zero-order chi connectivity index (χ0) is 20.8. The summed E-state index contributed by atoms with van der Waals surface area (Å²) in [6.45, 7) is 7.31. The Labute approximate surface area is 183 Å². The topological polar surface area (TPSA) is 24.8 Å². The Kier molecular flexibility index (Phi) is 6.78. The minimum absolute atomic E-state index is 0. The number of hydrogen-bond acceptors (Lipinski definition) is 2. The van der Waals surface area contributed by atoms with Crippen LogP contribution in [0.15, 0.2) is 24.3 Å². The molecule has 3 fully saturated rings. The van der Waals surface area contributed by atoms with Crippen molar-refractivity contribution in [3.8, 4) is 0 Å². The highest BCUT2D eigenvalue weighted by molar-refractivity contribution is 5.66. The van der Waals surface area contributed by atoms with Crippen LogP contribution in [0.4, 0.5) is 18.9 Å². The lowest BCUT2D eigenvalue weighted by molar-refractivity contribution is -0.821. The van der Waals surface area contributed by atoms with Gasteiger partial charge in [0.25, 0.3) is 0 Å². The molecule has 3 atom stereocenters. The third kappa shape index (κ3) is 4.50. The van der Waals surface area contributed by atoms with Crippen LogP contribution in [-0.2, 0) is 11.0 Å². The van der Waals surface area contributed by atoms with Gasteiger partial charge >= 0.3 is 12.1 Å². The first-order valence-electron chi connectivity index (χ1n) is 11.0. The number of hydrogen-bond donors (Lipinski definition) is 1. The maximum absolute atomic E-state index is 13.0. The molecular weight excluding hydrogens is 413 g/mol. The highest BCUT2D eigenvalue weighted by Crippen LogP contribution is 2.60. The standard InChI is InChI=1S/C23H31F3N2O.ClH/c1-22(2)17-7-6-16(14-17)20(22)8-9-21(29)28-12-10-27(11-13-28)19-5-3-4-18(15-19)23(24,25)26;/h3-5,15-17,20H,6-14H2,1-2H3;1H. The van der Waals surface area contributed by atoms with Gasteiger partial charge in [-0.1, -0.05) is 19.9 Å². The van der Waals surface area contributed by atoms with Crippen molar-refractivity contribution in [2.75, 3.05) is 31.1 Å². The molecule has 2 bridgehead atoms. The molecule has 3 aliphatic rings. The van der Waals surface area contributed by atoms with Crippen LogP contribution in [0.25, 0.3) is 0 Å². The molecule has 1 aliphatic heterocycles. The fourth-order valence-electron chi connectivity index (χ4n) is 6.23. The van der Waals surface area contributed by atoms with Crippen molar-refractivity contribution in [1.82, 2.24) is 0 Å². The molecule has 1 heterocycles. The SMILES string of the molecule is CC1(C)C2CCC(C2)C1CCC(=O)[NH+]1CCN(c2cccc(C(F)(F)F)c2)CC1.[Cl-]. The van der Waals surface area contributed by atoms with Gasteiger partial charge in [0.05, 0.1) is 25.1 Å². The van der Waals surface area contributed by atoms with Crippen molar-refractivity contribution in [3.05, 3.63) is 29.8 Å². The molecule has 1 N–H and O–H groups in total. The van der Waals surface area contributed by atoms with Gasteiger partial charge in [0, 0.05) is 5.69 Å². The Morgan fingerprint density at radius 3 is 2.50 bits per heavy atom. The summed E-state index contributed by atoms with van der Waals surface area (Å²) in [5.41, 5.74) is 0.338.